The summed E-state index contributed by atoms with van der Waals surface area (Å²) in [6.45, 7) is 0.862. The highest BCUT2D eigenvalue weighted by Crippen LogP contribution is 2.25. The average molecular weight is 336 g/mol. The van der Waals surface area contributed by atoms with Crippen molar-refractivity contribution in [2.75, 3.05) is 38.9 Å². The van der Waals surface area contributed by atoms with Crippen LogP contribution in [0, 0.1) is 0 Å². The zero-order chi connectivity index (χ0) is 16.8. The van der Waals surface area contributed by atoms with E-state index in [0.717, 1.165) is 4.88 Å². The van der Waals surface area contributed by atoms with Crippen LogP contribution in [0.15, 0.2) is 24.4 Å². The molecule has 0 atom stereocenters. The quantitative estimate of drug-likeness (QED) is 0.801. The first-order valence-electron chi connectivity index (χ1n) is 6.92. The highest BCUT2D eigenvalue weighted by molar-refractivity contribution is 7.15. The van der Waals surface area contributed by atoms with Crippen LogP contribution in [0.2, 0.25) is 0 Å². The van der Waals surface area contributed by atoms with Crippen molar-refractivity contribution in [3.8, 4) is 11.5 Å². The predicted molar refractivity (Wildman–Crippen MR) is 91.0 cm³/mol. The number of nitrogens with zero attached hydrogens (tertiary/aromatic N) is 2. The average Bonchev–Trinajstić information content (AvgIpc) is 2.91. The molecule has 2 rings (SSSR count). The fourth-order valence-corrected chi connectivity index (χ4v) is 2.81. The van der Waals surface area contributed by atoms with Crippen molar-refractivity contribution in [2.45, 2.75) is 6.54 Å². The van der Waals surface area contributed by atoms with Crippen LogP contribution < -0.4 is 20.5 Å². The van der Waals surface area contributed by atoms with E-state index in [4.69, 9.17) is 15.2 Å². The molecule has 0 aliphatic rings. The van der Waals surface area contributed by atoms with Crippen LogP contribution in [0.3, 0.4) is 0 Å². The largest absolute Gasteiger partial charge is 0.497 e. The second kappa shape index (κ2) is 7.80. The Morgan fingerprint density at radius 3 is 2.48 bits per heavy atom. The Morgan fingerprint density at radius 2 is 1.96 bits per heavy atom. The molecule has 1 aromatic carbocycles. The molecule has 0 aliphatic carbocycles. The smallest absolute Gasteiger partial charge is 0.238 e. The zero-order valence-electron chi connectivity index (χ0n) is 13.3. The van der Waals surface area contributed by atoms with Gasteiger partial charge in [0.15, 0.2) is 5.13 Å². The SMILES string of the molecule is COc1cc(NC(=O)CN(C)Cc2cnc(N)s2)cc(OC)c1. The lowest BCUT2D eigenvalue weighted by molar-refractivity contribution is -0.117. The number of nitrogens with one attached hydrogen (secondary N) is 1. The van der Waals surface area contributed by atoms with Gasteiger partial charge in [0.25, 0.3) is 0 Å². The van der Waals surface area contributed by atoms with Crippen LogP contribution >= 0.6 is 11.3 Å². The van der Waals surface area contributed by atoms with Crippen molar-refractivity contribution in [2.24, 2.45) is 0 Å². The summed E-state index contributed by atoms with van der Waals surface area (Å²) in [5, 5.41) is 3.36. The lowest BCUT2D eigenvalue weighted by Crippen LogP contribution is -2.29. The third-order valence-corrected chi connectivity index (χ3v) is 3.86. The molecule has 1 aromatic heterocycles. The van der Waals surface area contributed by atoms with E-state index in [1.807, 2.05) is 11.9 Å². The van der Waals surface area contributed by atoms with Crippen LogP contribution in [0.25, 0.3) is 0 Å². The van der Waals surface area contributed by atoms with Crippen LogP contribution in [-0.4, -0.2) is 43.6 Å². The monoisotopic (exact) mass is 336 g/mol. The number of nitrogens with two attached hydrogens (primary N) is 1. The van der Waals surface area contributed by atoms with Gasteiger partial charge in [-0.25, -0.2) is 4.98 Å². The first-order chi connectivity index (χ1) is 11.0. The molecule has 0 saturated carbocycles. The first-order valence-corrected chi connectivity index (χ1v) is 7.73. The second-order valence-corrected chi connectivity index (χ2v) is 6.13. The number of carbonyl (C=O) groups excluding carboxylic acids is 1. The number of aromatic nitrogens is 1. The topological polar surface area (TPSA) is 89.7 Å². The molecule has 0 spiro atoms. The molecule has 0 fully saturated rings. The van der Waals surface area contributed by atoms with E-state index in [1.54, 1.807) is 38.6 Å². The molecule has 3 N–H and O–H groups in total. The van der Waals surface area contributed by atoms with Gasteiger partial charge < -0.3 is 20.5 Å². The van der Waals surface area contributed by atoms with Gasteiger partial charge >= 0.3 is 0 Å². The summed E-state index contributed by atoms with van der Waals surface area (Å²) in [6.07, 6.45) is 1.72. The molecule has 23 heavy (non-hydrogen) atoms. The van der Waals surface area contributed by atoms with Gasteiger partial charge in [-0.15, -0.1) is 11.3 Å². The Labute approximate surface area is 139 Å². The molecule has 0 radical (unpaired) electrons. The Morgan fingerprint density at radius 1 is 1.30 bits per heavy atom. The maximum atomic E-state index is 12.1. The van der Waals surface area contributed by atoms with Crippen molar-refractivity contribution in [1.82, 2.24) is 9.88 Å². The summed E-state index contributed by atoms with van der Waals surface area (Å²) in [4.78, 5) is 19.0. The zero-order valence-corrected chi connectivity index (χ0v) is 14.1. The molecule has 8 heteroatoms. The van der Waals surface area contributed by atoms with Crippen LogP contribution in [0.4, 0.5) is 10.8 Å². The Bertz CT molecular complexity index is 652. The number of carbonyl (C=O) groups is 1. The third kappa shape index (κ3) is 5.11. The third-order valence-electron chi connectivity index (χ3n) is 3.05. The lowest BCUT2D eigenvalue weighted by Gasteiger charge is -2.15. The Balaban J connectivity index is 1.93. The van der Waals surface area contributed by atoms with E-state index in [2.05, 4.69) is 10.3 Å². The van der Waals surface area contributed by atoms with E-state index in [-0.39, 0.29) is 12.5 Å². The van der Waals surface area contributed by atoms with E-state index in [0.29, 0.717) is 28.9 Å². The van der Waals surface area contributed by atoms with Crippen molar-refractivity contribution in [3.05, 3.63) is 29.3 Å². The van der Waals surface area contributed by atoms with Gasteiger partial charge in [-0.2, -0.15) is 0 Å². The number of benzene rings is 1. The molecule has 0 aliphatic heterocycles. The van der Waals surface area contributed by atoms with Gasteiger partial charge in [0, 0.05) is 41.5 Å². The fraction of sp³-hybridized carbons (Fsp3) is 0.333. The van der Waals surface area contributed by atoms with Gasteiger partial charge in [0.1, 0.15) is 11.5 Å². The number of thiazole rings is 1. The first kappa shape index (κ1) is 17.0. The van der Waals surface area contributed by atoms with Crippen molar-refractivity contribution < 1.29 is 14.3 Å². The van der Waals surface area contributed by atoms with Crippen molar-refractivity contribution in [3.63, 3.8) is 0 Å². The Kier molecular flexibility index (Phi) is 5.78. The standard InChI is InChI=1S/C15H20N4O3S/c1-19(8-13-7-17-15(16)23-13)9-14(20)18-10-4-11(21-2)6-12(5-10)22-3/h4-7H,8-9H2,1-3H3,(H2,16,17)(H,18,20). The molecular weight excluding hydrogens is 316 g/mol. The number of hydrogen-bond acceptors (Lipinski definition) is 7. The number of nitrogen functional groups attached to an aromatic ring is 1. The van der Waals surface area contributed by atoms with E-state index in [1.165, 1.54) is 11.3 Å². The molecule has 2 aromatic rings. The van der Waals surface area contributed by atoms with Gasteiger partial charge in [0.2, 0.25) is 5.91 Å². The van der Waals surface area contributed by atoms with Gasteiger partial charge in [0.05, 0.1) is 20.8 Å². The molecule has 1 heterocycles. The van der Waals surface area contributed by atoms with E-state index < -0.39 is 0 Å². The van der Waals surface area contributed by atoms with Crippen LogP contribution in [-0.2, 0) is 11.3 Å². The number of amides is 1. The minimum atomic E-state index is -0.125. The number of anilines is 2. The molecule has 0 saturated heterocycles. The van der Waals surface area contributed by atoms with Gasteiger partial charge in [-0.1, -0.05) is 0 Å². The summed E-state index contributed by atoms with van der Waals surface area (Å²) in [7, 11) is 4.99. The maximum absolute atomic E-state index is 12.1. The molecule has 7 nitrogen and oxygen atoms in total. The summed E-state index contributed by atoms with van der Waals surface area (Å²) in [5.41, 5.74) is 6.22. The molecule has 124 valence electrons. The summed E-state index contributed by atoms with van der Waals surface area (Å²) >= 11 is 1.42. The minimum Gasteiger partial charge on any atom is -0.497 e. The van der Waals surface area contributed by atoms with Crippen LogP contribution in [0.1, 0.15) is 4.88 Å². The fourth-order valence-electron chi connectivity index (χ4n) is 2.04. The summed E-state index contributed by atoms with van der Waals surface area (Å²) in [6, 6.07) is 5.23. The second-order valence-electron chi connectivity index (χ2n) is 4.99. The molecule has 0 bridgehead atoms. The summed E-state index contributed by atoms with van der Waals surface area (Å²) in [5.74, 6) is 1.11. The molecule has 1 amide bonds. The normalized spacial score (nSPS) is 10.6. The van der Waals surface area contributed by atoms with E-state index in [9.17, 15) is 4.79 Å². The molecular formula is C15H20N4O3S. The van der Waals surface area contributed by atoms with E-state index >= 15 is 0 Å². The minimum absolute atomic E-state index is 0.125. The van der Waals surface area contributed by atoms with Gasteiger partial charge in [-0.05, 0) is 7.05 Å². The predicted octanol–water partition coefficient (Wildman–Crippen LogP) is 1.81. The van der Waals surface area contributed by atoms with Gasteiger partial charge in [-0.3, -0.25) is 9.69 Å². The highest BCUT2D eigenvalue weighted by Gasteiger charge is 2.10. The number of ether oxygens (including phenoxy) is 2. The highest BCUT2D eigenvalue weighted by atomic mass is 32.1. The number of methoxy groups -OCH3 is 2. The lowest BCUT2D eigenvalue weighted by atomic mass is 10.2. The number of likely N-dealkylation sites (N-methyl/N-ethyl adjacent to an activating group) is 1. The number of rotatable bonds is 7. The summed E-state index contributed by atoms with van der Waals surface area (Å²) < 4.78 is 10.4. The van der Waals surface area contributed by atoms with Crippen LogP contribution in [0.5, 0.6) is 11.5 Å². The maximum Gasteiger partial charge on any atom is 0.238 e. The Hall–Kier alpha value is -2.32. The van der Waals surface area contributed by atoms with Crippen molar-refractivity contribution in [1.29, 1.82) is 0 Å². The number of hydrogen-bond donors (Lipinski definition) is 2. The molecule has 0 unspecified atom stereocenters. The van der Waals surface area contributed by atoms with Crippen molar-refractivity contribution >= 4 is 28.1 Å².